The van der Waals surface area contributed by atoms with E-state index in [9.17, 15) is 27.2 Å². The van der Waals surface area contributed by atoms with Gasteiger partial charge >= 0.3 is 12.3 Å². The molecule has 0 aromatic rings. The highest BCUT2D eigenvalue weighted by Crippen LogP contribution is 2.22. The zero-order valence-corrected chi connectivity index (χ0v) is 8.34. The molecule has 1 unspecified atom stereocenters. The second-order valence-electron chi connectivity index (χ2n) is 3.49. The summed E-state index contributed by atoms with van der Waals surface area (Å²) in [5.41, 5.74) is 0. The molecule has 0 radical (unpaired) electrons. The van der Waals surface area contributed by atoms with Crippen LogP contribution >= 0.6 is 0 Å². The second-order valence-corrected chi connectivity index (χ2v) is 3.49. The van der Waals surface area contributed by atoms with Crippen LogP contribution in [0.5, 0.6) is 0 Å². The van der Waals surface area contributed by atoms with Crippen molar-refractivity contribution in [2.75, 3.05) is 13.6 Å². The number of carbonyl (C=O) groups excluding carboxylic acids is 2. The van der Waals surface area contributed by atoms with Gasteiger partial charge in [0.05, 0.1) is 19.0 Å². The molecule has 1 saturated heterocycles. The fourth-order valence-corrected chi connectivity index (χ4v) is 1.25. The average molecular weight is 242 g/mol. The Bertz CT molecular complexity index is 308. The van der Waals surface area contributed by atoms with Crippen molar-refractivity contribution in [3.8, 4) is 0 Å². The number of hydrogen-bond donors (Lipinski definition) is 1. The van der Waals surface area contributed by atoms with E-state index in [4.69, 9.17) is 0 Å². The Kier molecular flexibility index (Phi) is 3.51. The second kappa shape index (κ2) is 4.36. The van der Waals surface area contributed by atoms with Crippen LogP contribution in [0.15, 0.2) is 0 Å². The Balaban J connectivity index is 2.52. The van der Waals surface area contributed by atoms with E-state index < -0.39 is 36.7 Å². The van der Waals surface area contributed by atoms with Gasteiger partial charge in [-0.25, -0.2) is 8.78 Å². The number of alkyl halides is 4. The number of hydrogen-bond acceptors (Lipinski definition) is 3. The summed E-state index contributed by atoms with van der Waals surface area (Å²) in [7, 11) is 1.21. The maximum Gasteiger partial charge on any atom is 0.319 e. The van der Waals surface area contributed by atoms with Crippen molar-refractivity contribution in [1.82, 2.24) is 10.2 Å². The van der Waals surface area contributed by atoms with Gasteiger partial charge in [0.25, 0.3) is 0 Å². The van der Waals surface area contributed by atoms with Gasteiger partial charge in [-0.05, 0) is 0 Å². The van der Waals surface area contributed by atoms with Crippen LogP contribution in [-0.2, 0) is 9.59 Å². The zero-order chi connectivity index (χ0) is 12.5. The number of amides is 2. The van der Waals surface area contributed by atoms with Gasteiger partial charge in [0.2, 0.25) is 11.8 Å². The Morgan fingerprint density at radius 3 is 2.44 bits per heavy atom. The predicted molar refractivity (Wildman–Crippen MR) is 45.1 cm³/mol. The first-order valence-corrected chi connectivity index (χ1v) is 4.45. The molecular weight excluding hydrogens is 232 g/mol. The van der Waals surface area contributed by atoms with Gasteiger partial charge in [0, 0.05) is 7.05 Å². The van der Waals surface area contributed by atoms with Crippen molar-refractivity contribution in [1.29, 1.82) is 0 Å². The molecule has 92 valence electrons. The molecule has 1 fully saturated rings. The van der Waals surface area contributed by atoms with Gasteiger partial charge < -0.3 is 0 Å². The van der Waals surface area contributed by atoms with Crippen molar-refractivity contribution < 1.29 is 27.2 Å². The first-order chi connectivity index (χ1) is 7.25. The lowest BCUT2D eigenvalue weighted by Crippen LogP contribution is -2.45. The number of halogens is 4. The normalized spacial score (nSPS) is 22.4. The predicted octanol–water partition coefficient (Wildman–Crippen LogP) is 0.234. The third-order valence-electron chi connectivity index (χ3n) is 2.28. The molecule has 0 spiro atoms. The minimum Gasteiger partial charge on any atom is -0.299 e. The van der Waals surface area contributed by atoms with E-state index in [1.807, 2.05) is 5.32 Å². The lowest BCUT2D eigenvalue weighted by atomic mass is 10.2. The topological polar surface area (TPSA) is 49.4 Å². The van der Waals surface area contributed by atoms with E-state index in [0.29, 0.717) is 0 Å². The molecule has 0 saturated carbocycles. The molecule has 0 aromatic heterocycles. The van der Waals surface area contributed by atoms with Crippen LogP contribution in [0.3, 0.4) is 0 Å². The molecule has 1 atom stereocenters. The largest absolute Gasteiger partial charge is 0.319 e. The standard InChI is InChI=1S/C8H10F4N2O2/c1-14-5(15)2-4(6(14)16)13-3-8(11,12)7(9)10/h4,7,13H,2-3H2,1H3. The van der Waals surface area contributed by atoms with Crippen LogP contribution in [0.25, 0.3) is 0 Å². The molecule has 16 heavy (non-hydrogen) atoms. The van der Waals surface area contributed by atoms with Crippen molar-refractivity contribution in [3.05, 3.63) is 0 Å². The van der Waals surface area contributed by atoms with Gasteiger partial charge in [0.15, 0.2) is 0 Å². The Morgan fingerprint density at radius 2 is 2.06 bits per heavy atom. The van der Waals surface area contributed by atoms with Crippen molar-refractivity contribution in [2.24, 2.45) is 0 Å². The summed E-state index contributed by atoms with van der Waals surface area (Å²) >= 11 is 0. The van der Waals surface area contributed by atoms with Gasteiger partial charge in [-0.3, -0.25) is 19.8 Å². The molecule has 1 N–H and O–H groups in total. The maximum atomic E-state index is 12.5. The first-order valence-electron chi connectivity index (χ1n) is 4.45. The fourth-order valence-electron chi connectivity index (χ4n) is 1.25. The molecule has 0 aliphatic carbocycles. The lowest BCUT2D eigenvalue weighted by Gasteiger charge is -2.18. The van der Waals surface area contributed by atoms with Gasteiger partial charge in [-0.2, -0.15) is 8.78 Å². The number of rotatable bonds is 4. The molecular formula is C8H10F4N2O2. The number of likely N-dealkylation sites (N-methyl/N-ethyl adjacent to an activating group) is 1. The van der Waals surface area contributed by atoms with E-state index in [-0.39, 0.29) is 6.42 Å². The van der Waals surface area contributed by atoms with Gasteiger partial charge in [-0.15, -0.1) is 0 Å². The smallest absolute Gasteiger partial charge is 0.299 e. The van der Waals surface area contributed by atoms with Crippen molar-refractivity contribution in [3.63, 3.8) is 0 Å². The summed E-state index contributed by atoms with van der Waals surface area (Å²) in [6, 6.07) is -1.14. The summed E-state index contributed by atoms with van der Waals surface area (Å²) in [4.78, 5) is 23.0. The zero-order valence-electron chi connectivity index (χ0n) is 8.34. The molecule has 0 bridgehead atoms. The van der Waals surface area contributed by atoms with Crippen LogP contribution in [0.4, 0.5) is 17.6 Å². The van der Waals surface area contributed by atoms with Crippen LogP contribution in [-0.4, -0.2) is 48.7 Å². The highest BCUT2D eigenvalue weighted by molar-refractivity contribution is 6.05. The number of nitrogens with zero attached hydrogens (tertiary/aromatic N) is 1. The van der Waals surface area contributed by atoms with Crippen molar-refractivity contribution in [2.45, 2.75) is 24.8 Å². The molecule has 4 nitrogen and oxygen atoms in total. The Labute approximate surface area is 88.6 Å². The number of carbonyl (C=O) groups is 2. The van der Waals surface area contributed by atoms with Crippen LogP contribution in [0.2, 0.25) is 0 Å². The monoisotopic (exact) mass is 242 g/mol. The minimum absolute atomic E-state index is 0.283. The average Bonchev–Trinajstić information content (AvgIpc) is 2.43. The molecule has 1 heterocycles. The fraction of sp³-hybridized carbons (Fsp3) is 0.750. The maximum absolute atomic E-state index is 12.5. The lowest BCUT2D eigenvalue weighted by molar-refractivity contribution is -0.138. The number of nitrogens with one attached hydrogen (secondary N) is 1. The minimum atomic E-state index is -4.20. The molecule has 1 aliphatic heterocycles. The molecule has 1 aliphatic rings. The van der Waals surface area contributed by atoms with Crippen LogP contribution < -0.4 is 5.32 Å². The summed E-state index contributed by atoms with van der Waals surface area (Å²) in [6.07, 6.45) is -4.08. The summed E-state index contributed by atoms with van der Waals surface area (Å²) in [5.74, 6) is -5.41. The third-order valence-corrected chi connectivity index (χ3v) is 2.28. The van der Waals surface area contributed by atoms with Crippen LogP contribution in [0, 0.1) is 0 Å². The molecule has 8 heteroatoms. The summed E-state index contributed by atoms with van der Waals surface area (Å²) in [6.45, 7) is -1.33. The SMILES string of the molecule is CN1C(=O)CC(NCC(F)(F)C(F)F)C1=O. The first kappa shape index (κ1) is 12.9. The Morgan fingerprint density at radius 1 is 1.50 bits per heavy atom. The molecule has 2 amide bonds. The van der Waals surface area contributed by atoms with Crippen molar-refractivity contribution >= 4 is 11.8 Å². The molecule has 0 aromatic carbocycles. The van der Waals surface area contributed by atoms with Crippen LogP contribution in [0.1, 0.15) is 6.42 Å². The summed E-state index contributed by atoms with van der Waals surface area (Å²) < 4.78 is 48.6. The Hall–Kier alpha value is -1.18. The van der Waals surface area contributed by atoms with E-state index in [1.54, 1.807) is 0 Å². The van der Waals surface area contributed by atoms with Gasteiger partial charge in [0.1, 0.15) is 0 Å². The van der Waals surface area contributed by atoms with E-state index in [1.165, 1.54) is 7.05 Å². The van der Waals surface area contributed by atoms with E-state index in [2.05, 4.69) is 0 Å². The van der Waals surface area contributed by atoms with Gasteiger partial charge in [-0.1, -0.05) is 0 Å². The highest BCUT2D eigenvalue weighted by Gasteiger charge is 2.43. The molecule has 1 rings (SSSR count). The quantitative estimate of drug-likeness (QED) is 0.567. The summed E-state index contributed by atoms with van der Waals surface area (Å²) in [5, 5.41) is 1.97. The van der Waals surface area contributed by atoms with E-state index >= 15 is 0 Å². The van der Waals surface area contributed by atoms with E-state index in [0.717, 1.165) is 4.90 Å². The third kappa shape index (κ3) is 2.49. The number of imide groups is 1. The highest BCUT2D eigenvalue weighted by atomic mass is 19.3. The number of likely N-dealkylation sites (tertiary alicyclic amines) is 1.